The predicted octanol–water partition coefficient (Wildman–Crippen LogP) is 1.99. The summed E-state index contributed by atoms with van der Waals surface area (Å²) >= 11 is 1.71. The van der Waals surface area contributed by atoms with Gasteiger partial charge in [-0.3, -0.25) is 0 Å². The van der Waals surface area contributed by atoms with Crippen molar-refractivity contribution in [3.05, 3.63) is 11.7 Å². The Labute approximate surface area is 94.2 Å². The Morgan fingerprint density at radius 1 is 1.60 bits per heavy atom. The van der Waals surface area contributed by atoms with Crippen molar-refractivity contribution in [1.29, 1.82) is 0 Å². The van der Waals surface area contributed by atoms with E-state index in [9.17, 15) is 0 Å². The van der Waals surface area contributed by atoms with E-state index in [1.54, 1.807) is 11.8 Å². The van der Waals surface area contributed by atoms with Crippen molar-refractivity contribution in [2.75, 3.05) is 12.8 Å². The second-order valence-corrected chi connectivity index (χ2v) is 4.98. The third-order valence-corrected chi connectivity index (χ3v) is 3.27. The summed E-state index contributed by atoms with van der Waals surface area (Å²) in [6.45, 7) is 3.32. The number of rotatable bonds is 3. The highest BCUT2D eigenvalue weighted by Gasteiger charge is 2.24. The standard InChI is InChI=1S/C10H17N3OS/c1-7-3-4-11-8(5-7)10-12-9(6-15-2)13-14-10/h7-8,11H,3-6H2,1-2H3. The number of piperidine rings is 1. The zero-order chi connectivity index (χ0) is 10.7. The Morgan fingerprint density at radius 2 is 2.47 bits per heavy atom. The molecule has 2 rings (SSSR count). The molecule has 0 saturated carbocycles. The fourth-order valence-electron chi connectivity index (χ4n) is 1.89. The molecular weight excluding hydrogens is 210 g/mol. The number of hydrogen-bond acceptors (Lipinski definition) is 5. The largest absolute Gasteiger partial charge is 0.338 e. The molecule has 0 bridgehead atoms. The summed E-state index contributed by atoms with van der Waals surface area (Å²) in [6, 6.07) is 0.261. The number of hydrogen-bond donors (Lipinski definition) is 1. The van der Waals surface area contributed by atoms with Crippen molar-refractivity contribution in [2.24, 2.45) is 5.92 Å². The topological polar surface area (TPSA) is 51.0 Å². The predicted molar refractivity (Wildman–Crippen MR) is 60.7 cm³/mol. The van der Waals surface area contributed by atoms with Gasteiger partial charge < -0.3 is 9.84 Å². The van der Waals surface area contributed by atoms with Crippen LogP contribution < -0.4 is 5.32 Å². The quantitative estimate of drug-likeness (QED) is 0.856. The first-order valence-corrected chi connectivity index (χ1v) is 6.73. The van der Waals surface area contributed by atoms with E-state index >= 15 is 0 Å². The molecule has 5 heteroatoms. The average molecular weight is 227 g/mol. The van der Waals surface area contributed by atoms with Crippen LogP contribution in [0.2, 0.25) is 0 Å². The molecule has 0 radical (unpaired) electrons. The highest BCUT2D eigenvalue weighted by Crippen LogP contribution is 2.25. The maximum atomic E-state index is 5.27. The van der Waals surface area contributed by atoms with E-state index < -0.39 is 0 Å². The van der Waals surface area contributed by atoms with Gasteiger partial charge in [0.2, 0.25) is 5.89 Å². The van der Waals surface area contributed by atoms with Gasteiger partial charge in [0.15, 0.2) is 5.82 Å². The van der Waals surface area contributed by atoms with Gasteiger partial charge in [0.25, 0.3) is 0 Å². The SMILES string of the molecule is CSCc1noc(C2CC(C)CCN2)n1. The van der Waals surface area contributed by atoms with Crippen LogP contribution in [0.1, 0.15) is 37.5 Å². The Balaban J connectivity index is 2.01. The summed E-state index contributed by atoms with van der Waals surface area (Å²) in [5.74, 6) is 3.13. The fourth-order valence-corrected chi connectivity index (χ4v) is 2.27. The van der Waals surface area contributed by atoms with E-state index in [0.29, 0.717) is 0 Å². The lowest BCUT2D eigenvalue weighted by atomic mass is 9.94. The molecule has 84 valence electrons. The summed E-state index contributed by atoms with van der Waals surface area (Å²) in [5, 5.41) is 7.38. The van der Waals surface area contributed by atoms with E-state index in [1.807, 2.05) is 6.26 Å². The van der Waals surface area contributed by atoms with E-state index in [4.69, 9.17) is 4.52 Å². The molecule has 0 amide bonds. The molecule has 1 aromatic rings. The third kappa shape index (κ3) is 2.72. The van der Waals surface area contributed by atoms with Crippen LogP contribution in [-0.4, -0.2) is 22.9 Å². The van der Waals surface area contributed by atoms with Gasteiger partial charge in [-0.1, -0.05) is 12.1 Å². The second kappa shape index (κ2) is 4.99. The first-order valence-electron chi connectivity index (χ1n) is 5.34. The first-order chi connectivity index (χ1) is 7.29. The molecule has 0 spiro atoms. The van der Waals surface area contributed by atoms with Crippen LogP contribution in [0.25, 0.3) is 0 Å². The fraction of sp³-hybridized carbons (Fsp3) is 0.800. The van der Waals surface area contributed by atoms with Crippen molar-refractivity contribution in [3.8, 4) is 0 Å². The maximum Gasteiger partial charge on any atom is 0.243 e. The molecule has 1 aliphatic heterocycles. The van der Waals surface area contributed by atoms with Crippen LogP contribution in [0.15, 0.2) is 4.52 Å². The Kier molecular flexibility index (Phi) is 3.64. The van der Waals surface area contributed by atoms with Crippen molar-refractivity contribution in [2.45, 2.75) is 31.6 Å². The maximum absolute atomic E-state index is 5.27. The highest BCUT2D eigenvalue weighted by atomic mass is 32.2. The number of nitrogens with zero attached hydrogens (tertiary/aromatic N) is 2. The molecule has 2 atom stereocenters. The molecule has 0 aliphatic carbocycles. The molecule has 0 aromatic carbocycles. The molecule has 15 heavy (non-hydrogen) atoms. The number of thioether (sulfide) groups is 1. The summed E-state index contributed by atoms with van der Waals surface area (Å²) in [7, 11) is 0. The van der Waals surface area contributed by atoms with E-state index in [-0.39, 0.29) is 6.04 Å². The number of aromatic nitrogens is 2. The minimum Gasteiger partial charge on any atom is -0.338 e. The van der Waals surface area contributed by atoms with Crippen molar-refractivity contribution in [3.63, 3.8) is 0 Å². The molecule has 1 aliphatic rings. The summed E-state index contributed by atoms with van der Waals surface area (Å²) in [4.78, 5) is 4.40. The lowest BCUT2D eigenvalue weighted by Crippen LogP contribution is -2.30. The normalized spacial score (nSPS) is 26.8. The molecule has 2 unspecified atom stereocenters. The average Bonchev–Trinajstić information content (AvgIpc) is 2.67. The second-order valence-electron chi connectivity index (χ2n) is 4.12. The molecule has 1 saturated heterocycles. The zero-order valence-electron chi connectivity index (χ0n) is 9.19. The van der Waals surface area contributed by atoms with Gasteiger partial charge >= 0.3 is 0 Å². The van der Waals surface area contributed by atoms with Crippen LogP contribution >= 0.6 is 11.8 Å². The Morgan fingerprint density at radius 3 is 3.20 bits per heavy atom. The first kappa shape index (κ1) is 11.0. The highest BCUT2D eigenvalue weighted by molar-refractivity contribution is 7.97. The van der Waals surface area contributed by atoms with Gasteiger partial charge in [0, 0.05) is 0 Å². The summed E-state index contributed by atoms with van der Waals surface area (Å²) < 4.78 is 5.27. The molecule has 1 aromatic heterocycles. The lowest BCUT2D eigenvalue weighted by molar-refractivity contribution is 0.259. The van der Waals surface area contributed by atoms with Crippen LogP contribution in [0.4, 0.5) is 0 Å². The van der Waals surface area contributed by atoms with Crippen molar-refractivity contribution >= 4 is 11.8 Å². The zero-order valence-corrected chi connectivity index (χ0v) is 10.0. The number of nitrogens with one attached hydrogen (secondary N) is 1. The molecule has 4 nitrogen and oxygen atoms in total. The van der Waals surface area contributed by atoms with Crippen LogP contribution in [0.5, 0.6) is 0 Å². The summed E-state index contributed by atoms with van der Waals surface area (Å²) in [5.41, 5.74) is 0. The Hall–Kier alpha value is -0.550. The lowest BCUT2D eigenvalue weighted by Gasteiger charge is -2.25. The van der Waals surface area contributed by atoms with Gasteiger partial charge in [0.05, 0.1) is 11.8 Å². The van der Waals surface area contributed by atoms with E-state index in [0.717, 1.165) is 36.4 Å². The van der Waals surface area contributed by atoms with Gasteiger partial charge in [-0.05, 0) is 31.6 Å². The van der Waals surface area contributed by atoms with Gasteiger partial charge in [-0.2, -0.15) is 16.7 Å². The Bertz CT molecular complexity index is 315. The minimum atomic E-state index is 0.261. The molecule has 1 fully saturated rings. The van der Waals surface area contributed by atoms with Crippen LogP contribution in [0.3, 0.4) is 0 Å². The monoisotopic (exact) mass is 227 g/mol. The molecule has 1 N–H and O–H groups in total. The molecular formula is C10H17N3OS. The third-order valence-electron chi connectivity index (χ3n) is 2.72. The van der Waals surface area contributed by atoms with E-state index in [2.05, 4.69) is 22.4 Å². The van der Waals surface area contributed by atoms with Crippen LogP contribution in [0, 0.1) is 5.92 Å². The van der Waals surface area contributed by atoms with Gasteiger partial charge in [-0.25, -0.2) is 0 Å². The smallest absolute Gasteiger partial charge is 0.243 e. The van der Waals surface area contributed by atoms with Gasteiger partial charge in [-0.15, -0.1) is 0 Å². The van der Waals surface area contributed by atoms with Crippen LogP contribution in [-0.2, 0) is 5.75 Å². The van der Waals surface area contributed by atoms with Gasteiger partial charge in [0.1, 0.15) is 0 Å². The molecule has 2 heterocycles. The van der Waals surface area contributed by atoms with Crippen molar-refractivity contribution < 1.29 is 4.52 Å². The van der Waals surface area contributed by atoms with Crippen molar-refractivity contribution in [1.82, 2.24) is 15.5 Å². The minimum absolute atomic E-state index is 0.261. The van der Waals surface area contributed by atoms with E-state index in [1.165, 1.54) is 6.42 Å². The summed E-state index contributed by atoms with van der Waals surface area (Å²) in [6.07, 6.45) is 4.38.